The first-order valence-corrected chi connectivity index (χ1v) is 7.06. The molecule has 0 aromatic heterocycles. The summed E-state index contributed by atoms with van der Waals surface area (Å²) in [5.41, 5.74) is 0. The van der Waals surface area contributed by atoms with Gasteiger partial charge in [0.05, 0.1) is 0 Å². The fourth-order valence-electron chi connectivity index (χ4n) is 1.25. The van der Waals surface area contributed by atoms with Crippen molar-refractivity contribution < 1.29 is 27.6 Å². The normalized spacial score (nSPS) is 12.4. The summed E-state index contributed by atoms with van der Waals surface area (Å²) in [6.07, 6.45) is 1.62. The molecular formula is C10H17NO6Si. The summed E-state index contributed by atoms with van der Waals surface area (Å²) in [7, 11) is 1.62. The summed E-state index contributed by atoms with van der Waals surface area (Å²) in [5.74, 6) is -0.668. The highest BCUT2D eigenvalue weighted by Gasteiger charge is 2.38. The lowest BCUT2D eigenvalue weighted by atomic mass is 10.4. The van der Waals surface area contributed by atoms with Crippen molar-refractivity contribution in [1.82, 2.24) is 0 Å². The number of hydrogen-bond donors (Lipinski definition) is 0. The Morgan fingerprint density at radius 3 is 2.33 bits per heavy atom. The molecule has 0 saturated heterocycles. The second kappa shape index (κ2) is 8.73. The van der Waals surface area contributed by atoms with Gasteiger partial charge in [-0.25, -0.2) is 9.59 Å². The Bertz CT molecular complexity index is 316. The molecule has 0 aliphatic heterocycles. The molecule has 8 heteroatoms. The highest BCUT2D eigenvalue weighted by Crippen LogP contribution is 2.18. The highest BCUT2D eigenvalue weighted by molar-refractivity contribution is 6.60. The Hall–Kier alpha value is -1.31. The SMILES string of the molecule is C=CC(=O)OC(CC[Si](OC)(OC)OC)N=C=O. The van der Waals surface area contributed by atoms with Gasteiger partial charge in [0.25, 0.3) is 0 Å². The van der Waals surface area contributed by atoms with Crippen LogP contribution in [0.15, 0.2) is 17.6 Å². The van der Waals surface area contributed by atoms with Crippen LogP contribution in [0.3, 0.4) is 0 Å². The highest BCUT2D eigenvalue weighted by atomic mass is 28.4. The van der Waals surface area contributed by atoms with Crippen LogP contribution < -0.4 is 0 Å². The van der Waals surface area contributed by atoms with Crippen LogP contribution in [0.25, 0.3) is 0 Å². The van der Waals surface area contributed by atoms with Crippen molar-refractivity contribution in [3.8, 4) is 0 Å². The second-order valence-corrected chi connectivity index (χ2v) is 6.24. The van der Waals surface area contributed by atoms with Crippen LogP contribution in [0.2, 0.25) is 6.04 Å². The van der Waals surface area contributed by atoms with Gasteiger partial charge in [0, 0.05) is 39.9 Å². The summed E-state index contributed by atoms with van der Waals surface area (Å²) >= 11 is 0. The van der Waals surface area contributed by atoms with Gasteiger partial charge in [-0.2, -0.15) is 4.99 Å². The molecule has 0 rings (SSSR count). The third-order valence-corrected chi connectivity index (χ3v) is 5.01. The fourth-order valence-corrected chi connectivity index (χ4v) is 2.96. The van der Waals surface area contributed by atoms with E-state index >= 15 is 0 Å². The van der Waals surface area contributed by atoms with E-state index in [0.29, 0.717) is 6.04 Å². The Morgan fingerprint density at radius 1 is 1.39 bits per heavy atom. The van der Waals surface area contributed by atoms with Gasteiger partial charge in [0.15, 0.2) is 0 Å². The molecule has 1 atom stereocenters. The Morgan fingerprint density at radius 2 is 1.94 bits per heavy atom. The van der Waals surface area contributed by atoms with E-state index in [4.69, 9.17) is 18.0 Å². The predicted molar refractivity (Wildman–Crippen MR) is 64.4 cm³/mol. The van der Waals surface area contributed by atoms with Crippen LogP contribution in [0.4, 0.5) is 0 Å². The van der Waals surface area contributed by atoms with E-state index in [-0.39, 0.29) is 6.42 Å². The molecule has 1 unspecified atom stereocenters. The van der Waals surface area contributed by atoms with E-state index < -0.39 is 21.0 Å². The molecule has 102 valence electrons. The van der Waals surface area contributed by atoms with E-state index in [9.17, 15) is 9.59 Å². The van der Waals surface area contributed by atoms with Crippen molar-refractivity contribution in [2.45, 2.75) is 18.7 Å². The number of nitrogens with zero attached hydrogens (tertiary/aromatic N) is 1. The van der Waals surface area contributed by atoms with E-state index in [1.807, 2.05) is 0 Å². The van der Waals surface area contributed by atoms with Gasteiger partial charge in [0.2, 0.25) is 12.3 Å². The molecule has 0 N–H and O–H groups in total. The van der Waals surface area contributed by atoms with Crippen molar-refractivity contribution in [1.29, 1.82) is 0 Å². The summed E-state index contributed by atoms with van der Waals surface area (Å²) in [6, 6.07) is 0.344. The lowest BCUT2D eigenvalue weighted by Crippen LogP contribution is -2.43. The largest absolute Gasteiger partial charge is 0.500 e. The molecule has 7 nitrogen and oxygen atoms in total. The lowest BCUT2D eigenvalue weighted by Gasteiger charge is -2.25. The topological polar surface area (TPSA) is 83.4 Å². The van der Waals surface area contributed by atoms with Crippen LogP contribution in [0.1, 0.15) is 6.42 Å². The van der Waals surface area contributed by atoms with Crippen molar-refractivity contribution in [2.24, 2.45) is 4.99 Å². The summed E-state index contributed by atoms with van der Waals surface area (Å²) < 4.78 is 20.4. The van der Waals surface area contributed by atoms with Gasteiger partial charge < -0.3 is 18.0 Å². The van der Waals surface area contributed by atoms with Gasteiger partial charge in [-0.3, -0.25) is 0 Å². The molecule has 18 heavy (non-hydrogen) atoms. The van der Waals surface area contributed by atoms with Crippen molar-refractivity contribution >= 4 is 20.9 Å². The smallest absolute Gasteiger partial charge is 0.436 e. The lowest BCUT2D eigenvalue weighted by molar-refractivity contribution is -0.142. The third kappa shape index (κ3) is 5.35. The summed E-state index contributed by atoms with van der Waals surface area (Å²) in [4.78, 5) is 24.6. The average Bonchev–Trinajstić information content (AvgIpc) is 2.40. The van der Waals surface area contributed by atoms with Gasteiger partial charge in [0.1, 0.15) is 0 Å². The molecule has 0 heterocycles. The maximum atomic E-state index is 11.0. The number of isocyanates is 1. The zero-order valence-corrected chi connectivity index (χ0v) is 11.7. The van der Waals surface area contributed by atoms with Crippen LogP contribution in [0.5, 0.6) is 0 Å². The number of ether oxygens (including phenoxy) is 1. The molecule has 0 aliphatic rings. The monoisotopic (exact) mass is 275 g/mol. The predicted octanol–water partition coefficient (Wildman–Crippen LogP) is 0.646. The first-order chi connectivity index (χ1) is 8.57. The molecule has 0 bridgehead atoms. The number of rotatable bonds is 9. The third-order valence-electron chi connectivity index (χ3n) is 2.25. The molecule has 0 aliphatic carbocycles. The maximum absolute atomic E-state index is 11.0. The molecule has 0 amide bonds. The van der Waals surface area contributed by atoms with E-state index in [2.05, 4.69) is 11.6 Å². The first kappa shape index (κ1) is 16.7. The van der Waals surface area contributed by atoms with Gasteiger partial charge in [-0.05, 0) is 0 Å². The molecule has 0 radical (unpaired) electrons. The minimum absolute atomic E-state index is 0.233. The van der Waals surface area contributed by atoms with Crippen LogP contribution >= 0.6 is 0 Å². The second-order valence-electron chi connectivity index (χ2n) is 3.15. The molecule has 0 spiro atoms. The fraction of sp³-hybridized carbons (Fsp3) is 0.600. The first-order valence-electron chi connectivity index (χ1n) is 5.13. The van der Waals surface area contributed by atoms with Gasteiger partial charge in [-0.1, -0.05) is 6.58 Å². The maximum Gasteiger partial charge on any atom is 0.500 e. The zero-order valence-electron chi connectivity index (χ0n) is 10.7. The molecule has 0 saturated carbocycles. The minimum Gasteiger partial charge on any atom is -0.436 e. The van der Waals surface area contributed by atoms with Crippen LogP contribution in [-0.2, 0) is 27.6 Å². The zero-order chi connectivity index (χ0) is 14.0. The van der Waals surface area contributed by atoms with Crippen LogP contribution in [-0.4, -0.2) is 48.4 Å². The van der Waals surface area contributed by atoms with Crippen molar-refractivity contribution in [3.05, 3.63) is 12.7 Å². The van der Waals surface area contributed by atoms with E-state index in [1.54, 1.807) is 0 Å². The average molecular weight is 275 g/mol. The minimum atomic E-state index is -2.78. The Kier molecular flexibility index (Phi) is 8.09. The summed E-state index contributed by atoms with van der Waals surface area (Å²) in [5, 5.41) is 0. The number of aliphatic imine (C=N–C) groups is 1. The van der Waals surface area contributed by atoms with E-state index in [0.717, 1.165) is 6.08 Å². The number of carbonyl (C=O) groups excluding carboxylic acids is 2. The van der Waals surface area contributed by atoms with Gasteiger partial charge in [-0.15, -0.1) is 0 Å². The molecule has 0 fully saturated rings. The van der Waals surface area contributed by atoms with E-state index in [1.165, 1.54) is 27.4 Å². The summed E-state index contributed by atoms with van der Waals surface area (Å²) in [6.45, 7) is 3.25. The van der Waals surface area contributed by atoms with Crippen LogP contribution in [0, 0.1) is 0 Å². The molecule has 0 aromatic rings. The molecule has 0 aromatic carbocycles. The van der Waals surface area contributed by atoms with Gasteiger partial charge >= 0.3 is 14.8 Å². The number of esters is 1. The Labute approximate surface area is 107 Å². The molecular weight excluding hydrogens is 258 g/mol. The van der Waals surface area contributed by atoms with Crippen molar-refractivity contribution in [2.75, 3.05) is 21.3 Å². The standard InChI is InChI=1S/C10H17NO6Si/c1-5-10(13)17-9(11-8-12)6-7-18(14-2,15-3)16-4/h5,9H,1,6-7H2,2-4H3. The quantitative estimate of drug-likeness (QED) is 0.202. The van der Waals surface area contributed by atoms with Crippen molar-refractivity contribution in [3.63, 3.8) is 0 Å². The number of carbonyl (C=O) groups is 1. The Balaban J connectivity index is 4.54. The number of hydrogen-bond acceptors (Lipinski definition) is 7.